The molecule has 0 aliphatic rings. The number of aliphatic hydroxyl groups excluding tert-OH is 1. The van der Waals surface area contributed by atoms with Crippen molar-refractivity contribution >= 4 is 23.4 Å². The molecule has 0 fully saturated rings. The Hall–Kier alpha value is -1.04. The summed E-state index contributed by atoms with van der Waals surface area (Å²) in [4.78, 5) is 4.66. The van der Waals surface area contributed by atoms with Crippen LogP contribution in [0.1, 0.15) is 30.1 Å². The second kappa shape index (κ2) is 7.82. The van der Waals surface area contributed by atoms with E-state index in [4.69, 9.17) is 11.6 Å². The molecule has 1 unspecified atom stereocenters. The molecule has 0 amide bonds. The fraction of sp³-hybridized carbons (Fsp3) is 0.467. The summed E-state index contributed by atoms with van der Waals surface area (Å²) < 4.78 is 1.81. The number of benzene rings is 1. The Morgan fingerprint density at radius 2 is 2.05 bits per heavy atom. The van der Waals surface area contributed by atoms with Crippen molar-refractivity contribution < 1.29 is 5.11 Å². The van der Waals surface area contributed by atoms with E-state index >= 15 is 0 Å². The molecule has 21 heavy (non-hydrogen) atoms. The van der Waals surface area contributed by atoms with Crippen LogP contribution in [0.2, 0.25) is 5.02 Å². The van der Waals surface area contributed by atoms with Gasteiger partial charge in [0.05, 0.1) is 13.2 Å². The Morgan fingerprint density at radius 1 is 1.33 bits per heavy atom. The number of rotatable bonds is 7. The maximum absolute atomic E-state index is 9.21. The van der Waals surface area contributed by atoms with Gasteiger partial charge in [0.15, 0.2) is 5.82 Å². The molecule has 2 rings (SSSR count). The Bertz CT molecular complexity index is 571. The lowest BCUT2D eigenvalue weighted by atomic mass is 10.0. The van der Waals surface area contributed by atoms with E-state index in [0.717, 1.165) is 34.4 Å². The van der Waals surface area contributed by atoms with Gasteiger partial charge in [0, 0.05) is 23.1 Å². The molecule has 6 heteroatoms. The van der Waals surface area contributed by atoms with E-state index < -0.39 is 0 Å². The van der Waals surface area contributed by atoms with Crippen LogP contribution in [0.5, 0.6) is 0 Å². The molecule has 2 aromatic rings. The van der Waals surface area contributed by atoms with Crippen molar-refractivity contribution in [1.82, 2.24) is 14.8 Å². The lowest BCUT2D eigenvalue weighted by molar-refractivity contribution is 0.266. The highest BCUT2D eigenvalue weighted by Gasteiger charge is 2.17. The van der Waals surface area contributed by atoms with Gasteiger partial charge in [0.2, 0.25) is 0 Å². The van der Waals surface area contributed by atoms with E-state index in [2.05, 4.69) is 23.3 Å². The van der Waals surface area contributed by atoms with E-state index in [9.17, 15) is 5.11 Å². The van der Waals surface area contributed by atoms with Crippen LogP contribution in [-0.2, 0) is 13.0 Å². The Kier molecular flexibility index (Phi) is 6.08. The van der Waals surface area contributed by atoms with Crippen LogP contribution in [0.25, 0.3) is 0 Å². The Labute approximate surface area is 134 Å². The monoisotopic (exact) mass is 325 g/mol. The summed E-state index contributed by atoms with van der Waals surface area (Å²) in [6.45, 7) is 2.63. The molecule has 1 N–H and O–H groups in total. The fourth-order valence-corrected chi connectivity index (χ4v) is 2.69. The molecular formula is C15H20ClN3OS. The van der Waals surface area contributed by atoms with Gasteiger partial charge in [0.1, 0.15) is 5.82 Å². The number of thioether (sulfide) groups is 1. The topological polar surface area (TPSA) is 50.9 Å². The molecular weight excluding hydrogens is 306 g/mol. The molecule has 0 bridgehead atoms. The lowest BCUT2D eigenvalue weighted by Crippen LogP contribution is -2.12. The highest BCUT2D eigenvalue weighted by atomic mass is 35.5. The van der Waals surface area contributed by atoms with Crippen molar-refractivity contribution in [2.24, 2.45) is 0 Å². The largest absolute Gasteiger partial charge is 0.394 e. The SMILES string of the molecule is CSCCc1nc(C(C)c2ccc(Cl)cc2)n(CCO)n1. The van der Waals surface area contributed by atoms with Crippen molar-refractivity contribution in [3.63, 3.8) is 0 Å². The third-order valence-corrected chi connectivity index (χ3v) is 4.21. The minimum Gasteiger partial charge on any atom is -0.394 e. The summed E-state index contributed by atoms with van der Waals surface area (Å²) >= 11 is 7.71. The first-order valence-corrected chi connectivity index (χ1v) is 8.71. The van der Waals surface area contributed by atoms with Crippen LogP contribution in [0, 0.1) is 0 Å². The number of hydrogen-bond acceptors (Lipinski definition) is 4. The van der Waals surface area contributed by atoms with E-state index in [1.165, 1.54) is 0 Å². The molecule has 1 aromatic heterocycles. The van der Waals surface area contributed by atoms with Crippen LogP contribution < -0.4 is 0 Å². The minimum absolute atomic E-state index is 0.0612. The van der Waals surface area contributed by atoms with Crippen LogP contribution >= 0.6 is 23.4 Å². The van der Waals surface area contributed by atoms with Crippen LogP contribution in [0.4, 0.5) is 0 Å². The van der Waals surface area contributed by atoms with Crippen molar-refractivity contribution in [2.45, 2.75) is 25.8 Å². The summed E-state index contributed by atoms with van der Waals surface area (Å²) in [6, 6.07) is 7.78. The van der Waals surface area contributed by atoms with Gasteiger partial charge >= 0.3 is 0 Å². The number of aryl methyl sites for hydroxylation is 1. The molecule has 1 atom stereocenters. The van der Waals surface area contributed by atoms with Gasteiger partial charge < -0.3 is 5.11 Å². The van der Waals surface area contributed by atoms with Crippen LogP contribution in [0.3, 0.4) is 0 Å². The maximum atomic E-state index is 9.21. The van der Waals surface area contributed by atoms with Crippen molar-refractivity contribution in [1.29, 1.82) is 0 Å². The third-order valence-electron chi connectivity index (χ3n) is 3.34. The summed E-state index contributed by atoms with van der Waals surface area (Å²) in [5, 5.41) is 14.4. The molecule has 0 aliphatic heterocycles. The second-order valence-electron chi connectivity index (χ2n) is 4.85. The number of nitrogens with zero attached hydrogens (tertiary/aromatic N) is 3. The van der Waals surface area contributed by atoms with Gasteiger partial charge in [-0.2, -0.15) is 16.9 Å². The van der Waals surface area contributed by atoms with Crippen molar-refractivity contribution in [3.05, 3.63) is 46.5 Å². The molecule has 1 heterocycles. The van der Waals surface area contributed by atoms with Crippen LogP contribution in [0.15, 0.2) is 24.3 Å². The van der Waals surface area contributed by atoms with Gasteiger partial charge in [-0.15, -0.1) is 0 Å². The Morgan fingerprint density at radius 3 is 2.67 bits per heavy atom. The van der Waals surface area contributed by atoms with E-state index in [1.54, 1.807) is 11.8 Å². The van der Waals surface area contributed by atoms with Gasteiger partial charge in [-0.25, -0.2) is 9.67 Å². The quantitative estimate of drug-likeness (QED) is 0.850. The first kappa shape index (κ1) is 16.3. The third kappa shape index (κ3) is 4.22. The van der Waals surface area contributed by atoms with E-state index in [-0.39, 0.29) is 12.5 Å². The first-order valence-electron chi connectivity index (χ1n) is 6.94. The first-order chi connectivity index (χ1) is 10.2. The fourth-order valence-electron chi connectivity index (χ4n) is 2.18. The molecule has 0 saturated heterocycles. The number of halogens is 1. The molecule has 0 aliphatic carbocycles. The zero-order valence-electron chi connectivity index (χ0n) is 12.3. The van der Waals surface area contributed by atoms with Crippen LogP contribution in [-0.4, -0.2) is 38.5 Å². The van der Waals surface area contributed by atoms with Gasteiger partial charge in [-0.3, -0.25) is 0 Å². The highest BCUT2D eigenvalue weighted by molar-refractivity contribution is 7.98. The predicted molar refractivity (Wildman–Crippen MR) is 88.2 cm³/mol. The van der Waals surface area contributed by atoms with E-state index in [1.807, 2.05) is 28.9 Å². The standard InChI is InChI=1S/C15H20ClN3OS/c1-11(12-3-5-13(16)6-4-12)15-17-14(7-10-21-2)18-19(15)8-9-20/h3-6,11,20H,7-10H2,1-2H3. The molecule has 0 spiro atoms. The molecule has 1 aromatic carbocycles. The normalized spacial score (nSPS) is 12.6. The average Bonchev–Trinajstić information content (AvgIpc) is 2.88. The molecule has 0 saturated carbocycles. The van der Waals surface area contributed by atoms with Crippen molar-refractivity contribution in [3.8, 4) is 0 Å². The number of hydrogen-bond donors (Lipinski definition) is 1. The van der Waals surface area contributed by atoms with E-state index in [0.29, 0.717) is 6.54 Å². The smallest absolute Gasteiger partial charge is 0.151 e. The highest BCUT2D eigenvalue weighted by Crippen LogP contribution is 2.24. The summed E-state index contributed by atoms with van der Waals surface area (Å²) in [5.74, 6) is 2.85. The maximum Gasteiger partial charge on any atom is 0.151 e. The molecule has 0 radical (unpaired) electrons. The van der Waals surface area contributed by atoms with Gasteiger partial charge in [-0.05, 0) is 24.0 Å². The minimum atomic E-state index is 0.0612. The van der Waals surface area contributed by atoms with Gasteiger partial charge in [-0.1, -0.05) is 30.7 Å². The average molecular weight is 326 g/mol. The summed E-state index contributed by atoms with van der Waals surface area (Å²) in [7, 11) is 0. The molecule has 114 valence electrons. The zero-order chi connectivity index (χ0) is 15.2. The van der Waals surface area contributed by atoms with Gasteiger partial charge in [0.25, 0.3) is 0 Å². The zero-order valence-corrected chi connectivity index (χ0v) is 13.9. The number of aliphatic hydroxyl groups is 1. The van der Waals surface area contributed by atoms with Crippen molar-refractivity contribution in [2.75, 3.05) is 18.6 Å². The second-order valence-corrected chi connectivity index (χ2v) is 6.27. The molecule has 4 nitrogen and oxygen atoms in total. The Balaban J connectivity index is 2.27. The summed E-state index contributed by atoms with van der Waals surface area (Å²) in [6.07, 6.45) is 2.92. The lowest BCUT2D eigenvalue weighted by Gasteiger charge is -2.12. The number of aromatic nitrogens is 3. The summed E-state index contributed by atoms with van der Waals surface area (Å²) in [5.41, 5.74) is 1.14. The predicted octanol–water partition coefficient (Wildman–Crippen LogP) is 2.98.